The van der Waals surface area contributed by atoms with Crippen LogP contribution in [0.3, 0.4) is 0 Å². The number of hydrogen-bond donors (Lipinski definition) is 3. The molecule has 0 aliphatic rings. The van der Waals surface area contributed by atoms with Gasteiger partial charge in [0.1, 0.15) is 7.05 Å². The van der Waals surface area contributed by atoms with Crippen molar-refractivity contribution < 1.29 is 9.36 Å². The van der Waals surface area contributed by atoms with Crippen molar-refractivity contribution in [2.45, 2.75) is 6.42 Å². The fraction of sp³-hybridized carbons (Fsp3) is 0.0690. The molecule has 0 spiro atoms. The van der Waals surface area contributed by atoms with E-state index in [9.17, 15) is 4.79 Å². The van der Waals surface area contributed by atoms with E-state index in [1.165, 1.54) is 11.1 Å². The van der Waals surface area contributed by atoms with Crippen LogP contribution in [0.15, 0.2) is 104 Å². The summed E-state index contributed by atoms with van der Waals surface area (Å²) in [6.07, 6.45) is 6.68. The number of benzene rings is 3. The second kappa shape index (κ2) is 9.65. The molecule has 6 nitrogen and oxygen atoms in total. The standard InChI is InChI=1S/C29H25N5O/c1-34-16-13-21(14-17-34)18-20-2-7-25(8-3-20)33-29(35)22-4-9-24(10-5-22)32-27-12-15-31-28-19-23(30)6-11-26(27)28/h2-17,19H,18H2,1H3,(H3-,30,31,32,33,35)/p+1. The Morgan fingerprint density at radius 1 is 0.857 bits per heavy atom. The molecule has 5 aromatic rings. The van der Waals surface area contributed by atoms with Crippen molar-refractivity contribution in [3.63, 3.8) is 0 Å². The van der Waals surface area contributed by atoms with E-state index in [2.05, 4.69) is 27.8 Å². The molecule has 0 radical (unpaired) electrons. The molecule has 6 heteroatoms. The number of aromatic nitrogens is 2. The molecule has 3 aromatic carbocycles. The summed E-state index contributed by atoms with van der Waals surface area (Å²) < 4.78 is 2.02. The minimum absolute atomic E-state index is 0.148. The number of carbonyl (C=O) groups is 1. The van der Waals surface area contributed by atoms with Gasteiger partial charge in [0.2, 0.25) is 0 Å². The Hall–Kier alpha value is -4.71. The number of nitrogens with zero attached hydrogens (tertiary/aromatic N) is 2. The summed E-state index contributed by atoms with van der Waals surface area (Å²) in [6, 6.07) is 27.2. The van der Waals surface area contributed by atoms with Crippen LogP contribution in [-0.4, -0.2) is 10.9 Å². The summed E-state index contributed by atoms with van der Waals surface area (Å²) in [5, 5.41) is 7.35. The van der Waals surface area contributed by atoms with Crippen LogP contribution in [0.4, 0.5) is 22.7 Å². The summed E-state index contributed by atoms with van der Waals surface area (Å²) in [4.78, 5) is 17.1. The Bertz CT molecular complexity index is 1480. The van der Waals surface area contributed by atoms with Gasteiger partial charge in [0.15, 0.2) is 12.4 Å². The van der Waals surface area contributed by atoms with Crippen molar-refractivity contribution in [1.29, 1.82) is 0 Å². The third kappa shape index (κ3) is 5.28. The number of aryl methyl sites for hydroxylation is 1. The quantitative estimate of drug-likeness (QED) is 0.239. The molecule has 1 amide bonds. The van der Waals surface area contributed by atoms with Gasteiger partial charge in [-0.2, -0.15) is 0 Å². The monoisotopic (exact) mass is 460 g/mol. The van der Waals surface area contributed by atoms with Gasteiger partial charge in [0, 0.05) is 52.0 Å². The molecule has 0 bridgehead atoms. The van der Waals surface area contributed by atoms with Gasteiger partial charge in [-0.25, -0.2) is 4.57 Å². The van der Waals surface area contributed by atoms with E-state index in [-0.39, 0.29) is 5.91 Å². The molecule has 2 heterocycles. The fourth-order valence-electron chi connectivity index (χ4n) is 3.93. The minimum Gasteiger partial charge on any atom is -0.399 e. The molecule has 0 aliphatic carbocycles. The number of anilines is 4. The van der Waals surface area contributed by atoms with Crippen LogP contribution in [0.2, 0.25) is 0 Å². The van der Waals surface area contributed by atoms with Crippen LogP contribution in [-0.2, 0) is 13.5 Å². The summed E-state index contributed by atoms with van der Waals surface area (Å²) in [7, 11) is 2.00. The van der Waals surface area contributed by atoms with E-state index in [0.717, 1.165) is 34.4 Å². The number of amides is 1. The van der Waals surface area contributed by atoms with Gasteiger partial charge < -0.3 is 16.4 Å². The number of pyridine rings is 2. The summed E-state index contributed by atoms with van der Waals surface area (Å²) in [5.41, 5.74) is 13.0. The highest BCUT2D eigenvalue weighted by Crippen LogP contribution is 2.26. The third-order valence-corrected chi connectivity index (χ3v) is 5.86. The molecule has 0 atom stereocenters. The Morgan fingerprint density at radius 3 is 2.29 bits per heavy atom. The fourth-order valence-corrected chi connectivity index (χ4v) is 3.93. The lowest BCUT2D eigenvalue weighted by atomic mass is 10.1. The number of fused-ring (bicyclic) bond motifs is 1. The summed E-state index contributed by atoms with van der Waals surface area (Å²) >= 11 is 0. The highest BCUT2D eigenvalue weighted by molar-refractivity contribution is 6.04. The van der Waals surface area contributed by atoms with Crippen LogP contribution >= 0.6 is 0 Å². The van der Waals surface area contributed by atoms with E-state index in [0.29, 0.717) is 11.3 Å². The van der Waals surface area contributed by atoms with Crippen LogP contribution in [0, 0.1) is 0 Å². The lowest BCUT2D eigenvalue weighted by molar-refractivity contribution is -0.671. The normalized spacial score (nSPS) is 10.8. The highest BCUT2D eigenvalue weighted by atomic mass is 16.1. The zero-order chi connectivity index (χ0) is 24.2. The molecule has 35 heavy (non-hydrogen) atoms. The molecule has 5 rings (SSSR count). The van der Waals surface area contributed by atoms with Crippen LogP contribution in [0.25, 0.3) is 10.9 Å². The van der Waals surface area contributed by atoms with Crippen molar-refractivity contribution in [2.24, 2.45) is 7.05 Å². The van der Waals surface area contributed by atoms with Gasteiger partial charge in [0.05, 0.1) is 5.52 Å². The molecule has 172 valence electrons. The first-order chi connectivity index (χ1) is 17.0. The number of rotatable bonds is 6. The average molecular weight is 461 g/mol. The molecule has 0 fully saturated rings. The Balaban J connectivity index is 1.23. The highest BCUT2D eigenvalue weighted by Gasteiger charge is 2.08. The minimum atomic E-state index is -0.148. The zero-order valence-corrected chi connectivity index (χ0v) is 19.4. The molecular formula is C29H26N5O+. The zero-order valence-electron chi connectivity index (χ0n) is 19.4. The molecule has 0 saturated heterocycles. The predicted molar refractivity (Wildman–Crippen MR) is 141 cm³/mol. The second-order valence-corrected chi connectivity index (χ2v) is 8.54. The molecule has 2 aromatic heterocycles. The van der Waals surface area contributed by atoms with Crippen LogP contribution in [0.5, 0.6) is 0 Å². The molecular weight excluding hydrogens is 434 g/mol. The van der Waals surface area contributed by atoms with E-state index < -0.39 is 0 Å². The molecule has 0 saturated carbocycles. The van der Waals surface area contributed by atoms with Crippen molar-refractivity contribution in [3.05, 3.63) is 120 Å². The van der Waals surface area contributed by atoms with Crippen LogP contribution in [0.1, 0.15) is 21.5 Å². The van der Waals surface area contributed by atoms with Gasteiger partial charge in [-0.15, -0.1) is 0 Å². The van der Waals surface area contributed by atoms with Crippen molar-refractivity contribution in [1.82, 2.24) is 4.98 Å². The lowest BCUT2D eigenvalue weighted by Crippen LogP contribution is -2.25. The number of nitrogens with one attached hydrogen (secondary N) is 2. The first-order valence-electron chi connectivity index (χ1n) is 11.4. The largest absolute Gasteiger partial charge is 0.399 e. The van der Waals surface area contributed by atoms with Crippen molar-refractivity contribution in [2.75, 3.05) is 16.4 Å². The smallest absolute Gasteiger partial charge is 0.255 e. The maximum absolute atomic E-state index is 12.7. The van der Waals surface area contributed by atoms with E-state index in [1.54, 1.807) is 6.20 Å². The maximum atomic E-state index is 12.7. The topological polar surface area (TPSA) is 83.9 Å². The van der Waals surface area contributed by atoms with Crippen LogP contribution < -0.4 is 20.9 Å². The van der Waals surface area contributed by atoms with Gasteiger partial charge in [0.25, 0.3) is 5.91 Å². The second-order valence-electron chi connectivity index (χ2n) is 8.54. The van der Waals surface area contributed by atoms with Gasteiger partial charge in [-0.05, 0) is 78.2 Å². The predicted octanol–water partition coefficient (Wildman–Crippen LogP) is 5.23. The lowest BCUT2D eigenvalue weighted by Gasteiger charge is -2.11. The van der Waals surface area contributed by atoms with Gasteiger partial charge in [-0.1, -0.05) is 12.1 Å². The van der Waals surface area contributed by atoms with E-state index in [1.807, 2.05) is 96.8 Å². The maximum Gasteiger partial charge on any atom is 0.255 e. The van der Waals surface area contributed by atoms with Gasteiger partial charge in [-0.3, -0.25) is 9.78 Å². The number of nitrogens with two attached hydrogens (primary N) is 1. The summed E-state index contributed by atoms with van der Waals surface area (Å²) in [5.74, 6) is -0.148. The summed E-state index contributed by atoms with van der Waals surface area (Å²) in [6.45, 7) is 0. The molecule has 0 aliphatic heterocycles. The Kier molecular flexibility index (Phi) is 6.09. The molecule has 0 unspecified atom stereocenters. The van der Waals surface area contributed by atoms with Crippen molar-refractivity contribution in [3.8, 4) is 0 Å². The SMILES string of the molecule is C[n+]1ccc(Cc2ccc(NC(=O)c3ccc(Nc4ccnc5cc(N)ccc45)cc3)cc2)cc1. The Morgan fingerprint density at radius 2 is 1.54 bits per heavy atom. The first kappa shape index (κ1) is 22.1. The first-order valence-corrected chi connectivity index (χ1v) is 11.4. The Labute approximate surface area is 204 Å². The third-order valence-electron chi connectivity index (χ3n) is 5.86. The van der Waals surface area contributed by atoms with Crippen molar-refractivity contribution >= 4 is 39.6 Å². The number of hydrogen-bond acceptors (Lipinski definition) is 4. The van der Waals surface area contributed by atoms with E-state index in [4.69, 9.17) is 5.73 Å². The number of carbonyl (C=O) groups excluding carboxylic acids is 1. The average Bonchev–Trinajstić information content (AvgIpc) is 2.87. The number of nitrogen functional groups attached to an aromatic ring is 1. The molecule has 4 N–H and O–H groups in total. The van der Waals surface area contributed by atoms with E-state index >= 15 is 0 Å². The van der Waals surface area contributed by atoms with Gasteiger partial charge >= 0.3 is 0 Å².